The maximum atomic E-state index is 8.53. The highest BCUT2D eigenvalue weighted by molar-refractivity contribution is 5.54. The van der Waals surface area contributed by atoms with Crippen molar-refractivity contribution >= 4 is 0 Å². The molecule has 0 spiro atoms. The zero-order valence-electron chi connectivity index (χ0n) is 8.09. The van der Waals surface area contributed by atoms with E-state index in [2.05, 4.69) is 16.0 Å². The summed E-state index contributed by atoms with van der Waals surface area (Å²) in [4.78, 5) is 8.30. The van der Waals surface area contributed by atoms with Crippen LogP contribution in [-0.4, -0.2) is 9.97 Å². The van der Waals surface area contributed by atoms with E-state index < -0.39 is 0 Å². The minimum atomic E-state index is 0.440. The second-order valence-electron chi connectivity index (χ2n) is 3.10. The van der Waals surface area contributed by atoms with Crippen LogP contribution in [0.15, 0.2) is 42.7 Å². The summed E-state index contributed by atoms with van der Waals surface area (Å²) in [6.07, 6.45) is 3.87. The number of hydrogen-bond donors (Lipinski definition) is 0. The Balaban J connectivity index is 2.29. The van der Waals surface area contributed by atoms with Gasteiger partial charge in [-0.2, -0.15) is 5.26 Å². The van der Waals surface area contributed by atoms with Crippen LogP contribution in [0.1, 0.15) is 5.56 Å². The Morgan fingerprint density at radius 1 is 1.07 bits per heavy atom. The van der Waals surface area contributed by atoms with Crippen molar-refractivity contribution in [1.29, 1.82) is 5.26 Å². The third-order valence-electron chi connectivity index (χ3n) is 2.06. The molecule has 2 aromatic rings. The number of nitrogens with zero attached hydrogens (tertiary/aromatic N) is 3. The average molecular weight is 195 g/mol. The second kappa shape index (κ2) is 4.34. The lowest BCUT2D eigenvalue weighted by Crippen LogP contribution is -1.87. The molecule has 3 nitrogen and oxygen atoms in total. The van der Waals surface area contributed by atoms with E-state index >= 15 is 0 Å². The summed E-state index contributed by atoms with van der Waals surface area (Å²) >= 11 is 0. The Labute approximate surface area is 88.1 Å². The van der Waals surface area contributed by atoms with Gasteiger partial charge in [0.2, 0.25) is 0 Å². The van der Waals surface area contributed by atoms with Crippen LogP contribution < -0.4 is 0 Å². The van der Waals surface area contributed by atoms with E-state index in [1.807, 2.05) is 24.3 Å². The molecule has 0 amide bonds. The van der Waals surface area contributed by atoms with Gasteiger partial charge in [-0.25, -0.2) is 9.97 Å². The van der Waals surface area contributed by atoms with E-state index in [0.29, 0.717) is 12.2 Å². The van der Waals surface area contributed by atoms with E-state index in [1.54, 1.807) is 18.5 Å². The molecule has 15 heavy (non-hydrogen) atoms. The molecule has 0 bridgehead atoms. The Bertz CT molecular complexity index is 468. The SMILES string of the molecule is N#CCc1ccc(-c2ncccn2)cc1. The van der Waals surface area contributed by atoms with Crippen molar-refractivity contribution < 1.29 is 0 Å². The van der Waals surface area contributed by atoms with Crippen LogP contribution in [0.3, 0.4) is 0 Å². The van der Waals surface area contributed by atoms with E-state index in [0.717, 1.165) is 11.1 Å². The van der Waals surface area contributed by atoms with Gasteiger partial charge in [0.1, 0.15) is 0 Å². The first-order valence-electron chi connectivity index (χ1n) is 4.63. The van der Waals surface area contributed by atoms with Gasteiger partial charge < -0.3 is 0 Å². The molecule has 0 aliphatic carbocycles. The fourth-order valence-corrected chi connectivity index (χ4v) is 1.31. The van der Waals surface area contributed by atoms with Crippen LogP contribution in [0.2, 0.25) is 0 Å². The van der Waals surface area contributed by atoms with Gasteiger partial charge in [-0.15, -0.1) is 0 Å². The maximum Gasteiger partial charge on any atom is 0.159 e. The number of hydrogen-bond acceptors (Lipinski definition) is 3. The average Bonchev–Trinajstić information content (AvgIpc) is 2.32. The van der Waals surface area contributed by atoms with Crippen molar-refractivity contribution in [2.45, 2.75) is 6.42 Å². The van der Waals surface area contributed by atoms with Crippen LogP contribution >= 0.6 is 0 Å². The van der Waals surface area contributed by atoms with Crippen molar-refractivity contribution in [2.24, 2.45) is 0 Å². The van der Waals surface area contributed by atoms with Crippen LogP contribution in [0.5, 0.6) is 0 Å². The molecule has 1 aromatic carbocycles. The summed E-state index contributed by atoms with van der Waals surface area (Å²) in [5, 5.41) is 8.53. The zero-order valence-corrected chi connectivity index (χ0v) is 8.09. The Kier molecular flexibility index (Phi) is 2.70. The van der Waals surface area contributed by atoms with Gasteiger partial charge in [-0.1, -0.05) is 24.3 Å². The highest BCUT2D eigenvalue weighted by atomic mass is 14.8. The normalized spacial score (nSPS) is 9.53. The fraction of sp³-hybridized carbons (Fsp3) is 0.0833. The van der Waals surface area contributed by atoms with Gasteiger partial charge in [0, 0.05) is 18.0 Å². The lowest BCUT2D eigenvalue weighted by Gasteiger charge is -1.99. The highest BCUT2D eigenvalue weighted by Crippen LogP contribution is 2.14. The molecule has 72 valence electrons. The first-order chi connectivity index (χ1) is 7.40. The summed E-state index contributed by atoms with van der Waals surface area (Å²) < 4.78 is 0. The summed E-state index contributed by atoms with van der Waals surface area (Å²) in [6, 6.07) is 11.6. The Morgan fingerprint density at radius 2 is 1.73 bits per heavy atom. The van der Waals surface area contributed by atoms with Crippen molar-refractivity contribution in [3.63, 3.8) is 0 Å². The van der Waals surface area contributed by atoms with E-state index in [9.17, 15) is 0 Å². The topological polar surface area (TPSA) is 49.6 Å². The van der Waals surface area contributed by atoms with E-state index in [4.69, 9.17) is 5.26 Å². The first-order valence-corrected chi connectivity index (χ1v) is 4.63. The Morgan fingerprint density at radius 3 is 2.33 bits per heavy atom. The van der Waals surface area contributed by atoms with Crippen molar-refractivity contribution in [1.82, 2.24) is 9.97 Å². The van der Waals surface area contributed by atoms with Crippen molar-refractivity contribution in [2.75, 3.05) is 0 Å². The van der Waals surface area contributed by atoms with Gasteiger partial charge >= 0.3 is 0 Å². The second-order valence-corrected chi connectivity index (χ2v) is 3.10. The zero-order chi connectivity index (χ0) is 10.5. The third kappa shape index (κ3) is 2.18. The molecule has 0 N–H and O–H groups in total. The lowest BCUT2D eigenvalue weighted by atomic mass is 10.1. The predicted molar refractivity (Wildman–Crippen MR) is 56.8 cm³/mol. The smallest absolute Gasteiger partial charge is 0.159 e. The van der Waals surface area contributed by atoms with Crippen LogP contribution in [-0.2, 0) is 6.42 Å². The first kappa shape index (κ1) is 9.35. The highest BCUT2D eigenvalue weighted by Gasteiger charge is 1.99. The molecule has 0 fully saturated rings. The summed E-state index contributed by atoms with van der Waals surface area (Å²) in [7, 11) is 0. The predicted octanol–water partition coefficient (Wildman–Crippen LogP) is 2.21. The monoisotopic (exact) mass is 195 g/mol. The van der Waals surface area contributed by atoms with Crippen LogP contribution in [0.25, 0.3) is 11.4 Å². The van der Waals surface area contributed by atoms with Crippen LogP contribution in [0, 0.1) is 11.3 Å². The molecule has 0 aliphatic rings. The minimum Gasteiger partial charge on any atom is -0.237 e. The van der Waals surface area contributed by atoms with E-state index in [1.165, 1.54) is 0 Å². The minimum absolute atomic E-state index is 0.440. The van der Waals surface area contributed by atoms with Crippen molar-refractivity contribution in [3.05, 3.63) is 48.3 Å². The summed E-state index contributed by atoms with van der Waals surface area (Å²) in [5.74, 6) is 0.709. The third-order valence-corrected chi connectivity index (χ3v) is 2.06. The lowest BCUT2D eigenvalue weighted by molar-refractivity contribution is 1.17. The van der Waals surface area contributed by atoms with Gasteiger partial charge in [0.25, 0.3) is 0 Å². The largest absolute Gasteiger partial charge is 0.237 e. The molecule has 0 unspecified atom stereocenters. The molecule has 0 saturated heterocycles. The molecule has 1 aromatic heterocycles. The van der Waals surface area contributed by atoms with Gasteiger partial charge in [0.15, 0.2) is 5.82 Å². The molecule has 0 radical (unpaired) electrons. The molecule has 0 saturated carbocycles. The summed E-state index contributed by atoms with van der Waals surface area (Å²) in [5.41, 5.74) is 1.98. The molecule has 0 aliphatic heterocycles. The molecule has 2 rings (SSSR count). The summed E-state index contributed by atoms with van der Waals surface area (Å²) in [6.45, 7) is 0. The number of nitriles is 1. The fourth-order valence-electron chi connectivity index (χ4n) is 1.31. The van der Waals surface area contributed by atoms with Gasteiger partial charge in [-0.05, 0) is 11.6 Å². The Hall–Kier alpha value is -2.21. The molecular weight excluding hydrogens is 186 g/mol. The molecule has 1 heterocycles. The standard InChI is InChI=1S/C12H9N3/c13-7-6-10-2-4-11(5-3-10)12-14-8-1-9-15-12/h1-5,8-9H,6H2. The molecule has 3 heteroatoms. The van der Waals surface area contributed by atoms with Crippen LogP contribution in [0.4, 0.5) is 0 Å². The molecule has 0 atom stereocenters. The van der Waals surface area contributed by atoms with Gasteiger partial charge in [0.05, 0.1) is 12.5 Å². The maximum absolute atomic E-state index is 8.53. The quantitative estimate of drug-likeness (QED) is 0.738. The van der Waals surface area contributed by atoms with Crippen molar-refractivity contribution in [3.8, 4) is 17.5 Å². The van der Waals surface area contributed by atoms with Gasteiger partial charge in [-0.3, -0.25) is 0 Å². The number of benzene rings is 1. The number of rotatable bonds is 2. The molecular formula is C12H9N3. The number of aromatic nitrogens is 2. The van der Waals surface area contributed by atoms with E-state index in [-0.39, 0.29) is 0 Å².